The molecule has 0 aromatic heterocycles. The van der Waals surface area contributed by atoms with Crippen LogP contribution in [0.25, 0.3) is 5.57 Å². The summed E-state index contributed by atoms with van der Waals surface area (Å²) < 4.78 is 19.0. The first-order valence-corrected chi connectivity index (χ1v) is 5.54. The highest BCUT2D eigenvalue weighted by Crippen LogP contribution is 2.29. The molecule has 0 bridgehead atoms. The Morgan fingerprint density at radius 3 is 2.53 bits per heavy atom. The molecule has 0 fully saturated rings. The van der Waals surface area contributed by atoms with Gasteiger partial charge in [-0.2, -0.15) is 4.39 Å². The van der Waals surface area contributed by atoms with Crippen LogP contribution < -0.4 is 4.74 Å². The van der Waals surface area contributed by atoms with E-state index >= 15 is 0 Å². The summed E-state index contributed by atoms with van der Waals surface area (Å²) in [5, 5.41) is 0. The molecule has 1 rings (SSSR count). The van der Waals surface area contributed by atoms with E-state index in [1.54, 1.807) is 13.2 Å². The van der Waals surface area contributed by atoms with Gasteiger partial charge in [-0.05, 0) is 36.6 Å². The van der Waals surface area contributed by atoms with E-state index in [4.69, 9.17) is 4.74 Å². The van der Waals surface area contributed by atoms with Crippen LogP contribution in [0.5, 0.6) is 5.75 Å². The van der Waals surface area contributed by atoms with Crippen molar-refractivity contribution >= 4 is 11.5 Å². The maximum atomic E-state index is 13.7. The first-order chi connectivity index (χ1) is 8.04. The third-order valence-electron chi connectivity index (χ3n) is 2.66. The molecular weight excluding hydrogens is 217 g/mol. The second-order valence-electron chi connectivity index (χ2n) is 3.86. The molecule has 0 atom stereocenters. The average Bonchev–Trinajstić information content (AvgIpc) is 2.35. The van der Waals surface area contributed by atoms with Gasteiger partial charge in [0.2, 0.25) is 5.97 Å². The first-order valence-electron chi connectivity index (χ1n) is 5.54. The molecule has 0 spiro atoms. The lowest BCUT2D eigenvalue weighted by molar-refractivity contribution is 0.408. The summed E-state index contributed by atoms with van der Waals surface area (Å²) >= 11 is 0. The number of aryl methyl sites for hydroxylation is 1. The highest BCUT2D eigenvalue weighted by molar-refractivity contribution is 5.97. The van der Waals surface area contributed by atoms with Crippen LogP contribution in [0.2, 0.25) is 0 Å². The molecule has 0 saturated heterocycles. The van der Waals surface area contributed by atoms with E-state index in [-0.39, 0.29) is 0 Å². The van der Waals surface area contributed by atoms with E-state index in [9.17, 15) is 4.39 Å². The topological polar surface area (TPSA) is 21.6 Å². The van der Waals surface area contributed by atoms with Crippen molar-refractivity contribution in [2.75, 3.05) is 14.2 Å². The van der Waals surface area contributed by atoms with Crippen LogP contribution in [0.1, 0.15) is 30.5 Å². The monoisotopic (exact) mass is 235 g/mol. The predicted octanol–water partition coefficient (Wildman–Crippen LogP) is 3.64. The minimum Gasteiger partial charge on any atom is -0.496 e. The first kappa shape index (κ1) is 13.4. The number of rotatable bonds is 4. The lowest BCUT2D eigenvalue weighted by Gasteiger charge is -2.13. The van der Waals surface area contributed by atoms with Crippen LogP contribution in [-0.4, -0.2) is 20.1 Å². The molecule has 0 radical (unpaired) electrons. The third kappa shape index (κ3) is 2.73. The van der Waals surface area contributed by atoms with E-state index in [0.717, 1.165) is 23.1 Å². The van der Waals surface area contributed by atoms with Crippen molar-refractivity contribution in [3.63, 3.8) is 0 Å². The van der Waals surface area contributed by atoms with Crippen LogP contribution in [0.15, 0.2) is 23.7 Å². The average molecular weight is 235 g/mol. The van der Waals surface area contributed by atoms with Crippen molar-refractivity contribution in [3.05, 3.63) is 35.4 Å². The highest BCUT2D eigenvalue weighted by Gasteiger charge is 2.15. The Morgan fingerprint density at radius 2 is 2.12 bits per heavy atom. The van der Waals surface area contributed by atoms with Crippen molar-refractivity contribution in [1.29, 1.82) is 0 Å². The van der Waals surface area contributed by atoms with Crippen LogP contribution in [0.4, 0.5) is 4.39 Å². The zero-order valence-corrected chi connectivity index (χ0v) is 10.8. The molecule has 17 heavy (non-hydrogen) atoms. The summed E-state index contributed by atoms with van der Waals surface area (Å²) in [6.45, 7) is 7.78. The van der Waals surface area contributed by atoms with Gasteiger partial charge in [0.25, 0.3) is 0 Å². The molecular formula is C14H18FNO. The number of aliphatic imine (C=N–C) groups is 1. The van der Waals surface area contributed by atoms with Gasteiger partial charge in [-0.1, -0.05) is 19.1 Å². The Labute approximate surface area is 102 Å². The fourth-order valence-electron chi connectivity index (χ4n) is 1.71. The van der Waals surface area contributed by atoms with Crippen molar-refractivity contribution in [3.8, 4) is 5.75 Å². The van der Waals surface area contributed by atoms with E-state index in [1.165, 1.54) is 7.05 Å². The molecule has 1 aromatic carbocycles. The SMILES string of the molecule is C=C(C)c1cc(CC)c(OC)c(C(F)=NC)c1. The molecule has 92 valence electrons. The Hall–Kier alpha value is -1.64. The van der Waals surface area contributed by atoms with Gasteiger partial charge in [0, 0.05) is 7.05 Å². The Kier molecular flexibility index (Phi) is 4.44. The lowest BCUT2D eigenvalue weighted by atomic mass is 9.99. The maximum Gasteiger partial charge on any atom is 0.219 e. The summed E-state index contributed by atoms with van der Waals surface area (Å²) in [7, 11) is 2.97. The molecule has 0 aliphatic rings. The van der Waals surface area contributed by atoms with Crippen molar-refractivity contribution in [2.24, 2.45) is 4.99 Å². The van der Waals surface area contributed by atoms with Crippen LogP contribution in [0, 0.1) is 0 Å². The molecule has 0 aliphatic heterocycles. The van der Waals surface area contributed by atoms with Gasteiger partial charge in [0.1, 0.15) is 5.75 Å². The molecule has 3 heteroatoms. The van der Waals surface area contributed by atoms with Gasteiger partial charge in [-0.15, -0.1) is 0 Å². The van der Waals surface area contributed by atoms with Gasteiger partial charge < -0.3 is 4.74 Å². The number of nitrogens with zero attached hydrogens (tertiary/aromatic N) is 1. The molecule has 0 heterocycles. The normalized spacial score (nSPS) is 11.5. The standard InChI is InChI=1S/C14H18FNO/c1-6-10-7-11(9(2)3)8-12(13(10)17-5)14(15)16-4/h7-8H,2,6H2,1,3-5H3. The molecule has 0 aliphatic carbocycles. The van der Waals surface area contributed by atoms with Crippen molar-refractivity contribution < 1.29 is 9.13 Å². The second kappa shape index (κ2) is 5.62. The number of ether oxygens (including phenoxy) is 1. The fourth-order valence-corrected chi connectivity index (χ4v) is 1.71. The number of hydrogen-bond acceptors (Lipinski definition) is 2. The summed E-state index contributed by atoms with van der Waals surface area (Å²) in [6.07, 6.45) is 0.772. The zero-order chi connectivity index (χ0) is 13.0. The molecule has 0 N–H and O–H groups in total. The summed E-state index contributed by atoms with van der Waals surface area (Å²) in [4.78, 5) is 3.58. The Morgan fingerprint density at radius 1 is 1.47 bits per heavy atom. The molecule has 1 aromatic rings. The van der Waals surface area contributed by atoms with Crippen LogP contribution >= 0.6 is 0 Å². The molecule has 0 amide bonds. The number of benzene rings is 1. The lowest BCUT2D eigenvalue weighted by Crippen LogP contribution is -2.02. The number of methoxy groups -OCH3 is 1. The van der Waals surface area contributed by atoms with Gasteiger partial charge in [0.15, 0.2) is 0 Å². The van der Waals surface area contributed by atoms with E-state index in [0.29, 0.717) is 11.3 Å². The second-order valence-corrected chi connectivity index (χ2v) is 3.86. The zero-order valence-electron chi connectivity index (χ0n) is 10.8. The molecule has 2 nitrogen and oxygen atoms in total. The van der Waals surface area contributed by atoms with Gasteiger partial charge in [-0.3, -0.25) is 4.99 Å². The van der Waals surface area contributed by atoms with Gasteiger partial charge in [0.05, 0.1) is 12.7 Å². The molecule has 0 unspecified atom stereocenters. The van der Waals surface area contributed by atoms with E-state index < -0.39 is 5.97 Å². The smallest absolute Gasteiger partial charge is 0.219 e. The number of allylic oxidation sites excluding steroid dienone is 1. The Bertz CT molecular complexity index is 464. The minimum absolute atomic E-state index is 0.396. The highest BCUT2D eigenvalue weighted by atomic mass is 19.1. The van der Waals surface area contributed by atoms with Gasteiger partial charge in [-0.25, -0.2) is 0 Å². The fraction of sp³-hybridized carbons (Fsp3) is 0.357. The van der Waals surface area contributed by atoms with E-state index in [1.807, 2.05) is 19.9 Å². The predicted molar refractivity (Wildman–Crippen MR) is 70.6 cm³/mol. The third-order valence-corrected chi connectivity index (χ3v) is 2.66. The van der Waals surface area contributed by atoms with Crippen molar-refractivity contribution in [1.82, 2.24) is 0 Å². The largest absolute Gasteiger partial charge is 0.496 e. The summed E-state index contributed by atoms with van der Waals surface area (Å²) in [5.41, 5.74) is 3.16. The van der Waals surface area contributed by atoms with Crippen LogP contribution in [-0.2, 0) is 6.42 Å². The minimum atomic E-state index is -0.514. The van der Waals surface area contributed by atoms with E-state index in [2.05, 4.69) is 11.6 Å². The Balaban J connectivity index is 3.53. The van der Waals surface area contributed by atoms with Crippen LogP contribution in [0.3, 0.4) is 0 Å². The molecule has 0 saturated carbocycles. The number of halogens is 1. The summed E-state index contributed by atoms with van der Waals surface area (Å²) in [5.74, 6) is 0.0419. The quantitative estimate of drug-likeness (QED) is 0.730. The maximum absolute atomic E-state index is 13.7. The van der Waals surface area contributed by atoms with Crippen molar-refractivity contribution in [2.45, 2.75) is 20.3 Å². The van der Waals surface area contributed by atoms with Gasteiger partial charge >= 0.3 is 0 Å². The number of hydrogen-bond donors (Lipinski definition) is 0. The summed E-state index contributed by atoms with van der Waals surface area (Å²) in [6, 6.07) is 3.70.